The molecular formula is C21H20ClNO3. The number of aryl methyl sites for hydroxylation is 1. The molecule has 1 N–H and O–H groups in total. The molecule has 4 nitrogen and oxygen atoms in total. The van der Waals surface area contributed by atoms with Crippen molar-refractivity contribution in [2.45, 2.75) is 32.8 Å². The number of carbonyl (C=O) groups is 2. The summed E-state index contributed by atoms with van der Waals surface area (Å²) in [5, 5.41) is 3.26. The van der Waals surface area contributed by atoms with E-state index in [0.717, 1.165) is 16.7 Å². The number of carbonyl (C=O) groups excluding carboxylic acids is 2. The van der Waals surface area contributed by atoms with E-state index in [-0.39, 0.29) is 18.9 Å². The van der Waals surface area contributed by atoms with E-state index in [0.29, 0.717) is 16.3 Å². The van der Waals surface area contributed by atoms with E-state index >= 15 is 0 Å². The third kappa shape index (κ3) is 3.97. The van der Waals surface area contributed by atoms with Crippen LogP contribution in [0.4, 0.5) is 0 Å². The Labute approximate surface area is 157 Å². The average Bonchev–Trinajstić information content (AvgIpc) is 2.61. The maximum absolute atomic E-state index is 12.8. The fourth-order valence-corrected chi connectivity index (χ4v) is 3.37. The first-order chi connectivity index (χ1) is 12.5. The molecule has 0 saturated carbocycles. The second-order valence-electron chi connectivity index (χ2n) is 6.43. The van der Waals surface area contributed by atoms with E-state index < -0.39 is 11.9 Å². The van der Waals surface area contributed by atoms with Crippen molar-refractivity contribution < 1.29 is 14.3 Å². The maximum atomic E-state index is 12.8. The zero-order valence-corrected chi connectivity index (χ0v) is 15.5. The van der Waals surface area contributed by atoms with Crippen molar-refractivity contribution in [1.82, 2.24) is 5.32 Å². The van der Waals surface area contributed by atoms with Crippen molar-refractivity contribution in [1.29, 1.82) is 0 Å². The summed E-state index contributed by atoms with van der Waals surface area (Å²) in [6.07, 6.45) is 0.163. The van der Waals surface area contributed by atoms with Gasteiger partial charge in [0.15, 0.2) is 0 Å². The minimum absolute atomic E-state index is 0.137. The van der Waals surface area contributed by atoms with Crippen LogP contribution in [0.3, 0.4) is 0 Å². The number of hydrogen-bond donors (Lipinski definition) is 1. The van der Waals surface area contributed by atoms with Crippen LogP contribution in [-0.4, -0.2) is 11.9 Å². The lowest BCUT2D eigenvalue weighted by molar-refractivity contribution is -0.141. The summed E-state index contributed by atoms with van der Waals surface area (Å²) in [6.45, 7) is 3.89. The molecule has 0 spiro atoms. The highest BCUT2D eigenvalue weighted by Gasteiger charge is 2.33. The number of halogens is 1. The van der Waals surface area contributed by atoms with Gasteiger partial charge in [0.1, 0.15) is 6.61 Å². The SMILES string of the molecule is CC1=C(C(=O)OCc2ccc(C)cc2)[C@H](c2ccccc2Cl)CC(=O)N1. The molecule has 0 saturated heterocycles. The van der Waals surface area contributed by atoms with Crippen LogP contribution in [-0.2, 0) is 20.9 Å². The third-order valence-corrected chi connectivity index (χ3v) is 4.80. The molecule has 0 bridgehead atoms. The van der Waals surface area contributed by atoms with E-state index in [1.54, 1.807) is 13.0 Å². The van der Waals surface area contributed by atoms with Crippen LogP contribution in [0.15, 0.2) is 59.8 Å². The topological polar surface area (TPSA) is 55.4 Å². The molecule has 1 aliphatic rings. The van der Waals surface area contributed by atoms with Crippen LogP contribution in [0, 0.1) is 6.92 Å². The Bertz CT molecular complexity index is 871. The molecule has 0 radical (unpaired) electrons. The van der Waals surface area contributed by atoms with Crippen molar-refractivity contribution in [2.75, 3.05) is 0 Å². The fraction of sp³-hybridized carbons (Fsp3) is 0.238. The summed E-state index contributed by atoms with van der Waals surface area (Å²) < 4.78 is 5.51. The van der Waals surface area contributed by atoms with Gasteiger partial charge >= 0.3 is 5.97 Å². The number of ether oxygens (including phenoxy) is 1. The molecule has 1 amide bonds. The molecule has 0 fully saturated rings. The van der Waals surface area contributed by atoms with E-state index in [1.807, 2.05) is 49.4 Å². The second kappa shape index (κ2) is 7.75. The number of rotatable bonds is 4. The summed E-state index contributed by atoms with van der Waals surface area (Å²) in [5.41, 5.74) is 3.78. The van der Waals surface area contributed by atoms with Gasteiger partial charge in [0.05, 0.1) is 5.57 Å². The van der Waals surface area contributed by atoms with Gasteiger partial charge in [-0.3, -0.25) is 4.79 Å². The van der Waals surface area contributed by atoms with Gasteiger partial charge in [-0.1, -0.05) is 59.6 Å². The Morgan fingerprint density at radius 3 is 2.54 bits per heavy atom. The number of hydrogen-bond acceptors (Lipinski definition) is 3. The van der Waals surface area contributed by atoms with Gasteiger partial charge in [-0.2, -0.15) is 0 Å². The average molecular weight is 370 g/mol. The largest absolute Gasteiger partial charge is 0.457 e. The first-order valence-corrected chi connectivity index (χ1v) is 8.81. The number of nitrogens with one attached hydrogen (secondary N) is 1. The Balaban J connectivity index is 1.85. The van der Waals surface area contributed by atoms with Crippen LogP contribution >= 0.6 is 11.6 Å². The molecule has 1 heterocycles. The normalized spacial score (nSPS) is 17.0. The minimum atomic E-state index is -0.437. The lowest BCUT2D eigenvalue weighted by Crippen LogP contribution is -2.34. The fourth-order valence-electron chi connectivity index (χ4n) is 3.11. The smallest absolute Gasteiger partial charge is 0.336 e. The molecule has 134 valence electrons. The lowest BCUT2D eigenvalue weighted by atomic mass is 9.84. The first-order valence-electron chi connectivity index (χ1n) is 8.43. The van der Waals surface area contributed by atoms with Crippen molar-refractivity contribution in [3.63, 3.8) is 0 Å². The van der Waals surface area contributed by atoms with Crippen LogP contribution in [0.1, 0.15) is 36.0 Å². The Morgan fingerprint density at radius 1 is 1.15 bits per heavy atom. The molecule has 0 aromatic heterocycles. The lowest BCUT2D eigenvalue weighted by Gasteiger charge is -2.27. The van der Waals surface area contributed by atoms with Gasteiger partial charge in [-0.15, -0.1) is 0 Å². The van der Waals surface area contributed by atoms with Crippen LogP contribution < -0.4 is 5.32 Å². The number of amides is 1. The standard InChI is InChI=1S/C21H20ClNO3/c1-13-7-9-15(10-8-13)12-26-21(25)20-14(2)23-19(24)11-17(20)16-5-3-4-6-18(16)22/h3-10,17H,11-12H2,1-2H3,(H,23,24)/t17-/m0/s1. The zero-order chi connectivity index (χ0) is 18.7. The summed E-state index contributed by atoms with van der Waals surface area (Å²) in [4.78, 5) is 24.8. The van der Waals surface area contributed by atoms with Crippen LogP contribution in [0.2, 0.25) is 5.02 Å². The van der Waals surface area contributed by atoms with Crippen molar-refractivity contribution >= 4 is 23.5 Å². The van der Waals surface area contributed by atoms with Gasteiger partial charge in [-0.05, 0) is 31.0 Å². The summed E-state index contributed by atoms with van der Waals surface area (Å²) >= 11 is 6.30. The number of benzene rings is 2. The number of esters is 1. The molecule has 0 unspecified atom stereocenters. The van der Waals surface area contributed by atoms with E-state index in [4.69, 9.17) is 16.3 Å². The van der Waals surface area contributed by atoms with Gasteiger partial charge in [0.25, 0.3) is 0 Å². The Morgan fingerprint density at radius 2 is 1.85 bits per heavy atom. The Hall–Kier alpha value is -2.59. The summed E-state index contributed by atoms with van der Waals surface area (Å²) in [6, 6.07) is 15.1. The minimum Gasteiger partial charge on any atom is -0.457 e. The van der Waals surface area contributed by atoms with Crippen molar-refractivity contribution in [3.05, 3.63) is 81.5 Å². The summed E-state index contributed by atoms with van der Waals surface area (Å²) in [5.74, 6) is -0.988. The van der Waals surface area contributed by atoms with Crippen molar-refractivity contribution in [3.8, 4) is 0 Å². The molecule has 1 atom stereocenters. The highest BCUT2D eigenvalue weighted by atomic mass is 35.5. The van der Waals surface area contributed by atoms with Gasteiger partial charge < -0.3 is 10.1 Å². The number of allylic oxidation sites excluding steroid dienone is 1. The Kier molecular flexibility index (Phi) is 5.43. The molecule has 1 aliphatic heterocycles. The molecule has 2 aromatic rings. The van der Waals surface area contributed by atoms with E-state index in [9.17, 15) is 9.59 Å². The van der Waals surface area contributed by atoms with E-state index in [2.05, 4.69) is 5.32 Å². The van der Waals surface area contributed by atoms with Gasteiger partial charge in [0, 0.05) is 23.1 Å². The van der Waals surface area contributed by atoms with Crippen molar-refractivity contribution in [2.24, 2.45) is 0 Å². The van der Waals surface area contributed by atoms with Crippen LogP contribution in [0.5, 0.6) is 0 Å². The van der Waals surface area contributed by atoms with Crippen LogP contribution in [0.25, 0.3) is 0 Å². The predicted molar refractivity (Wildman–Crippen MR) is 101 cm³/mol. The molecule has 3 rings (SSSR count). The third-order valence-electron chi connectivity index (χ3n) is 4.46. The molecule has 26 heavy (non-hydrogen) atoms. The molecule has 2 aromatic carbocycles. The monoisotopic (exact) mass is 369 g/mol. The van der Waals surface area contributed by atoms with Gasteiger partial charge in [0.2, 0.25) is 5.91 Å². The predicted octanol–water partition coefficient (Wildman–Crippen LogP) is 4.27. The maximum Gasteiger partial charge on any atom is 0.336 e. The second-order valence-corrected chi connectivity index (χ2v) is 6.83. The first kappa shape index (κ1) is 18.2. The van der Waals surface area contributed by atoms with Gasteiger partial charge in [-0.25, -0.2) is 4.79 Å². The highest BCUT2D eigenvalue weighted by Crippen LogP contribution is 2.37. The molecule has 0 aliphatic carbocycles. The molecule has 5 heteroatoms. The molecular weight excluding hydrogens is 350 g/mol. The zero-order valence-electron chi connectivity index (χ0n) is 14.7. The van der Waals surface area contributed by atoms with E-state index in [1.165, 1.54) is 0 Å². The quantitative estimate of drug-likeness (QED) is 0.819. The highest BCUT2D eigenvalue weighted by molar-refractivity contribution is 6.31. The summed E-state index contributed by atoms with van der Waals surface area (Å²) in [7, 11) is 0.